The third-order valence-electron chi connectivity index (χ3n) is 2.24. The number of halogens is 2. The Morgan fingerprint density at radius 1 is 1.28 bits per heavy atom. The Morgan fingerprint density at radius 3 is 2.17 bits per heavy atom. The lowest BCUT2D eigenvalue weighted by Gasteiger charge is -2.17. The van der Waals surface area contributed by atoms with Gasteiger partial charge < -0.3 is 10.4 Å². The van der Waals surface area contributed by atoms with Crippen LogP contribution in [0.3, 0.4) is 0 Å². The fourth-order valence-electron chi connectivity index (χ4n) is 1.33. The number of carbonyl (C=O) groups excluding carboxylic acids is 1. The maximum Gasteiger partial charge on any atom is 0.326 e. The molecule has 1 amide bonds. The monoisotopic (exact) mass is 290 g/mol. The van der Waals surface area contributed by atoms with E-state index in [2.05, 4.69) is 10.3 Å². The highest BCUT2D eigenvalue weighted by molar-refractivity contribution is 6.33. The Labute approximate surface area is 114 Å². The SMILES string of the molecule is CC(C)[C@H](NC(=O)c1cc(Cl)nc(Cl)c1)C(=O)O. The number of carboxylic acid groups (broad SMARTS) is 1. The van der Waals surface area contributed by atoms with Gasteiger partial charge >= 0.3 is 5.97 Å². The highest BCUT2D eigenvalue weighted by Crippen LogP contribution is 2.15. The fourth-order valence-corrected chi connectivity index (χ4v) is 1.79. The minimum atomic E-state index is -1.09. The molecule has 2 N–H and O–H groups in total. The topological polar surface area (TPSA) is 79.3 Å². The zero-order valence-corrected chi connectivity index (χ0v) is 11.3. The number of hydrogen-bond acceptors (Lipinski definition) is 3. The van der Waals surface area contributed by atoms with E-state index in [0.29, 0.717) is 0 Å². The van der Waals surface area contributed by atoms with Crippen LogP contribution in [0.5, 0.6) is 0 Å². The summed E-state index contributed by atoms with van der Waals surface area (Å²) in [5, 5.41) is 11.5. The van der Waals surface area contributed by atoms with Crippen LogP contribution in [0.4, 0.5) is 0 Å². The van der Waals surface area contributed by atoms with Gasteiger partial charge in [-0.15, -0.1) is 0 Å². The number of rotatable bonds is 4. The number of amides is 1. The van der Waals surface area contributed by atoms with Gasteiger partial charge in [-0.25, -0.2) is 9.78 Å². The van der Waals surface area contributed by atoms with Gasteiger partial charge in [-0.05, 0) is 18.1 Å². The molecule has 1 aromatic rings. The molecule has 0 fully saturated rings. The Morgan fingerprint density at radius 2 is 1.78 bits per heavy atom. The number of carbonyl (C=O) groups is 2. The summed E-state index contributed by atoms with van der Waals surface area (Å²) >= 11 is 11.3. The van der Waals surface area contributed by atoms with Gasteiger partial charge in [0.05, 0.1) is 0 Å². The van der Waals surface area contributed by atoms with E-state index in [0.717, 1.165) is 0 Å². The molecule has 18 heavy (non-hydrogen) atoms. The summed E-state index contributed by atoms with van der Waals surface area (Å²) in [5.74, 6) is -1.88. The average Bonchev–Trinajstić information content (AvgIpc) is 2.23. The first-order valence-electron chi connectivity index (χ1n) is 5.18. The Hall–Kier alpha value is -1.33. The van der Waals surface area contributed by atoms with E-state index in [1.165, 1.54) is 12.1 Å². The molecule has 1 atom stereocenters. The molecule has 0 saturated heterocycles. The number of nitrogens with one attached hydrogen (secondary N) is 1. The fraction of sp³-hybridized carbons (Fsp3) is 0.364. The minimum Gasteiger partial charge on any atom is -0.480 e. The van der Waals surface area contributed by atoms with Crippen molar-refractivity contribution in [2.24, 2.45) is 5.92 Å². The van der Waals surface area contributed by atoms with Crippen molar-refractivity contribution in [2.45, 2.75) is 19.9 Å². The molecule has 0 aliphatic rings. The van der Waals surface area contributed by atoms with Crippen LogP contribution in [0.15, 0.2) is 12.1 Å². The molecule has 5 nitrogen and oxygen atoms in total. The molecule has 7 heteroatoms. The van der Waals surface area contributed by atoms with E-state index in [1.807, 2.05) is 0 Å². The molecule has 1 aromatic heterocycles. The molecule has 98 valence electrons. The normalized spacial score (nSPS) is 12.3. The second-order valence-corrected chi connectivity index (χ2v) is 4.81. The summed E-state index contributed by atoms with van der Waals surface area (Å²) in [4.78, 5) is 26.5. The number of hydrogen-bond donors (Lipinski definition) is 2. The first-order valence-corrected chi connectivity index (χ1v) is 5.93. The number of aromatic nitrogens is 1. The van der Waals surface area contributed by atoms with Crippen LogP contribution in [0, 0.1) is 5.92 Å². The molecular formula is C11H12Cl2N2O3. The summed E-state index contributed by atoms with van der Waals surface area (Å²) in [7, 11) is 0. The lowest BCUT2D eigenvalue weighted by Crippen LogP contribution is -2.44. The van der Waals surface area contributed by atoms with Crippen LogP contribution < -0.4 is 5.32 Å². The van der Waals surface area contributed by atoms with Crippen molar-refractivity contribution in [3.8, 4) is 0 Å². The molecular weight excluding hydrogens is 279 g/mol. The third kappa shape index (κ3) is 3.85. The maximum absolute atomic E-state index is 11.8. The summed E-state index contributed by atoms with van der Waals surface area (Å²) in [5.41, 5.74) is 0.173. The Balaban J connectivity index is 2.90. The van der Waals surface area contributed by atoms with Crippen LogP contribution in [-0.4, -0.2) is 28.0 Å². The lowest BCUT2D eigenvalue weighted by atomic mass is 10.0. The van der Waals surface area contributed by atoms with Gasteiger partial charge in [-0.3, -0.25) is 4.79 Å². The predicted molar refractivity (Wildman–Crippen MR) is 68.0 cm³/mol. The molecule has 0 saturated carbocycles. The summed E-state index contributed by atoms with van der Waals surface area (Å²) in [6, 6.07) is 1.67. The Kier molecular flexibility index (Phi) is 4.93. The van der Waals surface area contributed by atoms with Gasteiger partial charge in [-0.1, -0.05) is 37.0 Å². The first kappa shape index (κ1) is 14.7. The smallest absolute Gasteiger partial charge is 0.326 e. The Bertz CT molecular complexity index is 457. The standard InChI is InChI=1S/C11H12Cl2N2O3/c1-5(2)9(11(17)18)15-10(16)6-3-7(12)14-8(13)4-6/h3-5,9H,1-2H3,(H,15,16)(H,17,18)/t9-/m0/s1. The van der Waals surface area contributed by atoms with Crippen molar-refractivity contribution < 1.29 is 14.7 Å². The van der Waals surface area contributed by atoms with Crippen LogP contribution in [0.2, 0.25) is 10.3 Å². The molecule has 0 aromatic carbocycles. The van der Waals surface area contributed by atoms with E-state index < -0.39 is 17.9 Å². The van der Waals surface area contributed by atoms with Crippen LogP contribution >= 0.6 is 23.2 Å². The number of aliphatic carboxylic acids is 1. The quantitative estimate of drug-likeness (QED) is 0.834. The lowest BCUT2D eigenvalue weighted by molar-refractivity contribution is -0.140. The van der Waals surface area contributed by atoms with Gasteiger partial charge in [0.15, 0.2) is 0 Å². The van der Waals surface area contributed by atoms with Crippen LogP contribution in [0.1, 0.15) is 24.2 Å². The molecule has 0 bridgehead atoms. The van der Waals surface area contributed by atoms with E-state index in [1.54, 1.807) is 13.8 Å². The van der Waals surface area contributed by atoms with Crippen molar-refractivity contribution in [1.29, 1.82) is 0 Å². The maximum atomic E-state index is 11.8. The van der Waals surface area contributed by atoms with E-state index in [9.17, 15) is 9.59 Å². The largest absolute Gasteiger partial charge is 0.480 e. The van der Waals surface area contributed by atoms with Crippen molar-refractivity contribution in [3.05, 3.63) is 28.0 Å². The zero-order valence-electron chi connectivity index (χ0n) is 9.78. The number of nitrogens with zero attached hydrogens (tertiary/aromatic N) is 1. The number of pyridine rings is 1. The third-order valence-corrected chi connectivity index (χ3v) is 2.63. The highest BCUT2D eigenvalue weighted by Gasteiger charge is 2.24. The van der Waals surface area contributed by atoms with Gasteiger partial charge in [0.25, 0.3) is 5.91 Å². The molecule has 0 unspecified atom stereocenters. The molecule has 0 radical (unpaired) electrons. The molecule has 0 aliphatic heterocycles. The van der Waals surface area contributed by atoms with Gasteiger partial charge in [0.1, 0.15) is 16.3 Å². The van der Waals surface area contributed by atoms with Crippen molar-refractivity contribution in [3.63, 3.8) is 0 Å². The summed E-state index contributed by atoms with van der Waals surface area (Å²) < 4.78 is 0. The predicted octanol–water partition coefficient (Wildman–Crippen LogP) is 2.23. The van der Waals surface area contributed by atoms with E-state index in [-0.39, 0.29) is 21.8 Å². The molecule has 1 rings (SSSR count). The summed E-state index contributed by atoms with van der Waals surface area (Å²) in [6.45, 7) is 3.40. The molecule has 1 heterocycles. The van der Waals surface area contributed by atoms with Crippen LogP contribution in [0.25, 0.3) is 0 Å². The van der Waals surface area contributed by atoms with Crippen molar-refractivity contribution in [1.82, 2.24) is 10.3 Å². The first-order chi connectivity index (χ1) is 8.31. The second-order valence-electron chi connectivity index (χ2n) is 4.03. The van der Waals surface area contributed by atoms with Crippen LogP contribution in [-0.2, 0) is 4.79 Å². The zero-order chi connectivity index (χ0) is 13.9. The number of carboxylic acids is 1. The minimum absolute atomic E-state index is 0.0732. The molecule has 0 spiro atoms. The highest BCUT2D eigenvalue weighted by atomic mass is 35.5. The van der Waals surface area contributed by atoms with Crippen molar-refractivity contribution in [2.75, 3.05) is 0 Å². The van der Waals surface area contributed by atoms with E-state index >= 15 is 0 Å². The summed E-state index contributed by atoms with van der Waals surface area (Å²) in [6.07, 6.45) is 0. The average molecular weight is 291 g/mol. The van der Waals surface area contributed by atoms with Crippen molar-refractivity contribution >= 4 is 35.1 Å². The van der Waals surface area contributed by atoms with Gasteiger partial charge in [0, 0.05) is 5.56 Å². The van der Waals surface area contributed by atoms with Gasteiger partial charge in [-0.2, -0.15) is 0 Å². The van der Waals surface area contributed by atoms with E-state index in [4.69, 9.17) is 28.3 Å². The van der Waals surface area contributed by atoms with Gasteiger partial charge in [0.2, 0.25) is 0 Å². The second kappa shape index (κ2) is 6.02. The molecule has 0 aliphatic carbocycles.